The third-order valence-corrected chi connectivity index (χ3v) is 5.27. The Morgan fingerprint density at radius 3 is 2.86 bits per heavy atom. The molecule has 1 aliphatic rings. The van der Waals surface area contributed by atoms with Crippen LogP contribution < -0.4 is 5.56 Å². The minimum absolute atomic E-state index is 0.0984. The van der Waals surface area contributed by atoms with Crippen molar-refractivity contribution in [3.8, 4) is 0 Å². The van der Waals surface area contributed by atoms with Gasteiger partial charge in [-0.1, -0.05) is 12.1 Å². The molecule has 146 valence electrons. The molecule has 4 aromatic rings. The average molecular weight is 389 g/mol. The maximum absolute atomic E-state index is 13.2. The summed E-state index contributed by atoms with van der Waals surface area (Å²) in [5.74, 6) is 0.708. The maximum atomic E-state index is 13.2. The Bertz CT molecular complexity index is 1320. The van der Waals surface area contributed by atoms with E-state index in [1.807, 2.05) is 26.0 Å². The number of amides is 1. The van der Waals surface area contributed by atoms with Crippen molar-refractivity contribution in [1.29, 1.82) is 0 Å². The highest BCUT2D eigenvalue weighted by atomic mass is 16.2. The van der Waals surface area contributed by atoms with Crippen molar-refractivity contribution in [1.82, 2.24) is 34.4 Å². The van der Waals surface area contributed by atoms with E-state index in [1.165, 1.54) is 0 Å². The molecule has 9 heteroatoms. The number of para-hydroxylation sites is 1. The molecule has 1 aromatic carbocycles. The van der Waals surface area contributed by atoms with Crippen molar-refractivity contribution >= 4 is 22.6 Å². The monoisotopic (exact) mass is 389 g/mol. The molecule has 1 unspecified atom stereocenters. The van der Waals surface area contributed by atoms with Crippen LogP contribution in [0.25, 0.3) is 16.7 Å². The van der Waals surface area contributed by atoms with E-state index < -0.39 is 0 Å². The van der Waals surface area contributed by atoms with Gasteiger partial charge in [-0.25, -0.2) is 14.5 Å². The molecule has 1 amide bonds. The summed E-state index contributed by atoms with van der Waals surface area (Å²) in [4.78, 5) is 43.5. The van der Waals surface area contributed by atoms with Crippen molar-refractivity contribution < 1.29 is 4.79 Å². The Morgan fingerprint density at radius 2 is 2.00 bits per heavy atom. The van der Waals surface area contributed by atoms with Crippen LogP contribution in [-0.2, 0) is 0 Å². The molecule has 1 fully saturated rings. The van der Waals surface area contributed by atoms with E-state index in [-0.39, 0.29) is 23.3 Å². The molecule has 1 aliphatic heterocycles. The summed E-state index contributed by atoms with van der Waals surface area (Å²) in [6.45, 7) is 4.33. The first-order chi connectivity index (χ1) is 14.0. The number of carbonyl (C=O) groups is 1. The molecular formula is C20H19N7O2. The van der Waals surface area contributed by atoms with Gasteiger partial charge in [-0.05, 0) is 44.9 Å². The van der Waals surface area contributed by atoms with Gasteiger partial charge in [0, 0.05) is 17.9 Å². The molecule has 0 bridgehead atoms. The Balaban J connectivity index is 1.53. The molecule has 1 saturated heterocycles. The summed E-state index contributed by atoms with van der Waals surface area (Å²) < 4.78 is 1.57. The summed E-state index contributed by atoms with van der Waals surface area (Å²) in [5.41, 5.74) is 2.09. The van der Waals surface area contributed by atoms with Crippen molar-refractivity contribution in [2.24, 2.45) is 0 Å². The lowest BCUT2D eigenvalue weighted by Gasteiger charge is -2.22. The average Bonchev–Trinajstić information content (AvgIpc) is 3.35. The lowest BCUT2D eigenvalue weighted by Crippen LogP contribution is -2.33. The number of rotatable bonds is 2. The van der Waals surface area contributed by atoms with Crippen LogP contribution >= 0.6 is 0 Å². The quantitative estimate of drug-likeness (QED) is 0.561. The smallest absolute Gasteiger partial charge is 0.294 e. The van der Waals surface area contributed by atoms with E-state index >= 15 is 0 Å². The Kier molecular flexibility index (Phi) is 3.90. The molecule has 4 heterocycles. The fourth-order valence-corrected chi connectivity index (χ4v) is 3.94. The second-order valence-electron chi connectivity index (χ2n) is 7.31. The highest BCUT2D eigenvalue weighted by Crippen LogP contribution is 2.31. The van der Waals surface area contributed by atoms with E-state index in [9.17, 15) is 9.59 Å². The van der Waals surface area contributed by atoms with E-state index in [2.05, 4.69) is 25.0 Å². The first-order valence-electron chi connectivity index (χ1n) is 9.52. The third kappa shape index (κ3) is 2.86. The van der Waals surface area contributed by atoms with Crippen LogP contribution in [0.1, 0.15) is 46.7 Å². The number of aromatic nitrogens is 6. The van der Waals surface area contributed by atoms with Gasteiger partial charge >= 0.3 is 0 Å². The van der Waals surface area contributed by atoms with Crippen molar-refractivity contribution in [3.05, 3.63) is 63.7 Å². The summed E-state index contributed by atoms with van der Waals surface area (Å²) in [7, 11) is 0. The largest absolute Gasteiger partial charge is 0.326 e. The van der Waals surface area contributed by atoms with E-state index in [4.69, 9.17) is 0 Å². The number of carbonyl (C=O) groups excluding carboxylic acids is 1. The van der Waals surface area contributed by atoms with Gasteiger partial charge in [-0.2, -0.15) is 4.98 Å². The number of benzene rings is 1. The van der Waals surface area contributed by atoms with Gasteiger partial charge < -0.3 is 9.88 Å². The molecule has 9 nitrogen and oxygen atoms in total. The summed E-state index contributed by atoms with van der Waals surface area (Å²) in [5, 5.41) is 4.89. The zero-order valence-electron chi connectivity index (χ0n) is 16.1. The molecule has 0 saturated carbocycles. The normalized spacial score (nSPS) is 16.8. The van der Waals surface area contributed by atoms with Gasteiger partial charge in [-0.3, -0.25) is 9.59 Å². The fourth-order valence-electron chi connectivity index (χ4n) is 3.94. The Labute approximate surface area is 165 Å². The second-order valence-corrected chi connectivity index (χ2v) is 7.31. The predicted octanol–water partition coefficient (Wildman–Crippen LogP) is 1.95. The van der Waals surface area contributed by atoms with Crippen molar-refractivity contribution in [3.63, 3.8) is 0 Å². The number of aryl methyl sites for hydroxylation is 2. The van der Waals surface area contributed by atoms with Gasteiger partial charge in [0.25, 0.3) is 17.2 Å². The van der Waals surface area contributed by atoms with Crippen LogP contribution in [0.2, 0.25) is 0 Å². The van der Waals surface area contributed by atoms with Crippen LogP contribution in [-0.4, -0.2) is 46.9 Å². The molecule has 29 heavy (non-hydrogen) atoms. The third-order valence-electron chi connectivity index (χ3n) is 5.27. The van der Waals surface area contributed by atoms with Gasteiger partial charge in [0.05, 0.1) is 16.9 Å². The van der Waals surface area contributed by atoms with Gasteiger partial charge in [0.15, 0.2) is 0 Å². The minimum Gasteiger partial charge on any atom is -0.326 e. The first kappa shape index (κ1) is 17.5. The number of likely N-dealkylation sites (tertiary alicyclic amines) is 1. The second kappa shape index (κ2) is 6.47. The van der Waals surface area contributed by atoms with E-state index in [1.54, 1.807) is 27.6 Å². The van der Waals surface area contributed by atoms with Crippen molar-refractivity contribution in [2.75, 3.05) is 6.54 Å². The van der Waals surface area contributed by atoms with E-state index in [0.29, 0.717) is 29.0 Å². The summed E-state index contributed by atoms with van der Waals surface area (Å²) in [6.07, 6.45) is 1.54. The molecule has 0 spiro atoms. The van der Waals surface area contributed by atoms with Crippen LogP contribution in [0, 0.1) is 13.8 Å². The first-order valence-corrected chi connectivity index (χ1v) is 9.52. The lowest BCUT2D eigenvalue weighted by atomic mass is 10.2. The topological polar surface area (TPSA) is 109 Å². The van der Waals surface area contributed by atoms with Crippen LogP contribution in [0.15, 0.2) is 35.1 Å². The maximum Gasteiger partial charge on any atom is 0.294 e. The molecule has 1 atom stereocenters. The SMILES string of the molecule is Cc1cc(C)n2nc(C(=O)N3CCCC3c3nc4ccccc4c(=O)[nH]3)nc2n1. The van der Waals surface area contributed by atoms with Gasteiger partial charge in [0.1, 0.15) is 5.82 Å². The lowest BCUT2D eigenvalue weighted by molar-refractivity contribution is 0.0717. The number of nitrogens with one attached hydrogen (secondary N) is 1. The summed E-state index contributed by atoms with van der Waals surface area (Å²) in [6, 6.07) is 8.75. The van der Waals surface area contributed by atoms with Gasteiger partial charge in [-0.15, -0.1) is 5.10 Å². The van der Waals surface area contributed by atoms with Gasteiger partial charge in [0.2, 0.25) is 5.82 Å². The minimum atomic E-state index is -0.317. The highest BCUT2D eigenvalue weighted by molar-refractivity contribution is 5.91. The number of H-pyrrole nitrogens is 1. The van der Waals surface area contributed by atoms with Crippen LogP contribution in [0.4, 0.5) is 0 Å². The fraction of sp³-hybridized carbons (Fsp3) is 0.300. The number of hydrogen-bond donors (Lipinski definition) is 1. The predicted molar refractivity (Wildman–Crippen MR) is 106 cm³/mol. The zero-order chi connectivity index (χ0) is 20.1. The van der Waals surface area contributed by atoms with E-state index in [0.717, 1.165) is 24.2 Å². The molecular weight excluding hydrogens is 370 g/mol. The summed E-state index contributed by atoms with van der Waals surface area (Å²) >= 11 is 0. The van der Waals surface area contributed by atoms with Crippen molar-refractivity contribution in [2.45, 2.75) is 32.7 Å². The zero-order valence-corrected chi connectivity index (χ0v) is 16.1. The molecule has 1 N–H and O–H groups in total. The number of nitrogens with zero attached hydrogens (tertiary/aromatic N) is 6. The highest BCUT2D eigenvalue weighted by Gasteiger charge is 2.34. The van der Waals surface area contributed by atoms with Crippen LogP contribution in [0.3, 0.4) is 0 Å². The molecule has 0 radical (unpaired) electrons. The standard InChI is InChI=1S/C20H19N7O2/c1-11-10-12(2)27-20(21-11)24-17(25-27)19(29)26-9-5-8-15(26)16-22-14-7-4-3-6-13(14)18(28)23-16/h3-4,6-7,10,15H,5,8-9H2,1-2H3,(H,22,23,28). The molecule has 0 aliphatic carbocycles. The molecule has 3 aromatic heterocycles. The number of hydrogen-bond acceptors (Lipinski definition) is 6. The Morgan fingerprint density at radius 1 is 1.17 bits per heavy atom. The number of aromatic amines is 1. The number of fused-ring (bicyclic) bond motifs is 2. The van der Waals surface area contributed by atoms with Crippen LogP contribution in [0.5, 0.6) is 0 Å². The Hall–Kier alpha value is -3.62. The molecule has 5 rings (SSSR count).